The van der Waals surface area contributed by atoms with Crippen LogP contribution in [0.3, 0.4) is 0 Å². The molecule has 0 radical (unpaired) electrons. The van der Waals surface area contributed by atoms with E-state index in [1.54, 1.807) is 49.6 Å². The Kier molecular flexibility index (Phi) is 5.88. The van der Waals surface area contributed by atoms with Gasteiger partial charge in [-0.3, -0.25) is 14.2 Å². The van der Waals surface area contributed by atoms with Crippen LogP contribution in [-0.2, 0) is 6.54 Å². The molecule has 0 saturated carbocycles. The Hall–Kier alpha value is -3.42. The maximum Gasteiger partial charge on any atom is 0.266 e. The second kappa shape index (κ2) is 8.75. The Bertz CT molecular complexity index is 1390. The molecule has 4 aromatic rings. The molecule has 0 saturated heterocycles. The van der Waals surface area contributed by atoms with Gasteiger partial charge >= 0.3 is 0 Å². The number of nitrogens with zero attached hydrogens (tertiary/aromatic N) is 1. The lowest BCUT2D eigenvalue weighted by atomic mass is 10.1. The monoisotopic (exact) mass is 451 g/mol. The first-order chi connectivity index (χ1) is 15.0. The average molecular weight is 452 g/mol. The molecule has 1 amide bonds. The van der Waals surface area contributed by atoms with Crippen molar-refractivity contribution in [3.05, 3.63) is 98.0 Å². The maximum atomic E-state index is 13.0. The summed E-state index contributed by atoms with van der Waals surface area (Å²) in [7, 11) is 1.60. The summed E-state index contributed by atoms with van der Waals surface area (Å²) < 4.78 is 6.72. The fourth-order valence-corrected chi connectivity index (χ4v) is 3.71. The van der Waals surface area contributed by atoms with Crippen LogP contribution in [0.4, 0.5) is 0 Å². The number of hydrogen-bond donors (Lipinski definition) is 2. The van der Waals surface area contributed by atoms with Crippen molar-refractivity contribution in [2.75, 3.05) is 7.11 Å². The van der Waals surface area contributed by atoms with Gasteiger partial charge in [0.15, 0.2) is 4.77 Å². The van der Waals surface area contributed by atoms with E-state index in [0.717, 1.165) is 11.3 Å². The minimum atomic E-state index is -0.286. The normalized spacial score (nSPS) is 10.8. The van der Waals surface area contributed by atoms with Crippen molar-refractivity contribution in [2.45, 2.75) is 6.54 Å². The van der Waals surface area contributed by atoms with Gasteiger partial charge in [-0.15, -0.1) is 0 Å². The number of methoxy groups -OCH3 is 1. The van der Waals surface area contributed by atoms with Crippen LogP contribution in [0.25, 0.3) is 16.6 Å². The zero-order valence-corrected chi connectivity index (χ0v) is 18.1. The molecule has 1 heterocycles. The molecule has 31 heavy (non-hydrogen) atoms. The molecule has 1 aromatic heterocycles. The molecule has 0 fully saturated rings. The molecule has 0 unspecified atom stereocenters. The number of rotatable bonds is 5. The van der Waals surface area contributed by atoms with Gasteiger partial charge in [-0.25, -0.2) is 0 Å². The van der Waals surface area contributed by atoms with Gasteiger partial charge < -0.3 is 15.0 Å². The highest BCUT2D eigenvalue weighted by Gasteiger charge is 2.11. The number of carbonyl (C=O) groups is 1. The summed E-state index contributed by atoms with van der Waals surface area (Å²) in [6.45, 7) is 0.365. The van der Waals surface area contributed by atoms with Crippen LogP contribution in [-0.4, -0.2) is 22.6 Å². The number of H-pyrrole nitrogens is 1. The summed E-state index contributed by atoms with van der Waals surface area (Å²) in [6.07, 6.45) is 0. The van der Waals surface area contributed by atoms with E-state index < -0.39 is 0 Å². The summed E-state index contributed by atoms with van der Waals surface area (Å²) in [5.41, 5.74) is 2.14. The molecule has 156 valence electrons. The van der Waals surface area contributed by atoms with Crippen molar-refractivity contribution < 1.29 is 9.53 Å². The summed E-state index contributed by atoms with van der Waals surface area (Å²) in [6, 6.07) is 19.2. The van der Waals surface area contributed by atoms with Crippen LogP contribution in [0, 0.1) is 4.77 Å². The lowest BCUT2D eigenvalue weighted by molar-refractivity contribution is 0.0951. The predicted molar refractivity (Wildman–Crippen MR) is 124 cm³/mol. The molecule has 0 bridgehead atoms. The third-order valence-corrected chi connectivity index (χ3v) is 5.36. The Morgan fingerprint density at radius 1 is 1.13 bits per heavy atom. The van der Waals surface area contributed by atoms with Gasteiger partial charge in [-0.1, -0.05) is 29.8 Å². The highest BCUT2D eigenvalue weighted by Crippen LogP contribution is 2.17. The highest BCUT2D eigenvalue weighted by molar-refractivity contribution is 7.71. The number of amides is 1. The SMILES string of the molecule is COc1ccc(CNC(=O)c2cccc(-n3c(=S)[nH]c4cc(Cl)ccc4c3=O)c2)cc1. The fraction of sp³-hybridized carbons (Fsp3) is 0.0870. The summed E-state index contributed by atoms with van der Waals surface area (Å²) >= 11 is 11.4. The quantitative estimate of drug-likeness (QED) is 0.433. The molecular formula is C23H18ClN3O3S. The zero-order chi connectivity index (χ0) is 22.0. The van der Waals surface area contributed by atoms with Crippen LogP contribution < -0.4 is 15.6 Å². The Labute approximate surface area is 188 Å². The molecule has 4 rings (SSSR count). The number of fused-ring (bicyclic) bond motifs is 1. The van der Waals surface area contributed by atoms with Crippen LogP contribution >= 0.6 is 23.8 Å². The minimum Gasteiger partial charge on any atom is -0.497 e. The summed E-state index contributed by atoms with van der Waals surface area (Å²) in [4.78, 5) is 28.7. The van der Waals surface area contributed by atoms with E-state index in [2.05, 4.69) is 10.3 Å². The average Bonchev–Trinajstić information content (AvgIpc) is 2.77. The predicted octanol–water partition coefficient (Wildman–Crippen LogP) is 4.64. The molecule has 0 aliphatic carbocycles. The maximum absolute atomic E-state index is 13.0. The smallest absolute Gasteiger partial charge is 0.266 e. The van der Waals surface area contributed by atoms with Crippen LogP contribution in [0.15, 0.2) is 71.5 Å². The van der Waals surface area contributed by atoms with Crippen molar-refractivity contribution in [3.8, 4) is 11.4 Å². The number of halogens is 1. The zero-order valence-electron chi connectivity index (χ0n) is 16.5. The number of aromatic amines is 1. The van der Waals surface area contributed by atoms with Crippen molar-refractivity contribution >= 4 is 40.6 Å². The molecule has 0 spiro atoms. The number of ether oxygens (including phenoxy) is 1. The van der Waals surface area contributed by atoms with Gasteiger partial charge in [-0.05, 0) is 66.3 Å². The number of carbonyl (C=O) groups excluding carboxylic acids is 1. The molecule has 6 nitrogen and oxygen atoms in total. The van der Waals surface area contributed by atoms with Crippen LogP contribution in [0.2, 0.25) is 5.02 Å². The fourth-order valence-electron chi connectivity index (χ4n) is 3.24. The first kappa shape index (κ1) is 20.8. The molecule has 2 N–H and O–H groups in total. The Morgan fingerprint density at radius 2 is 1.90 bits per heavy atom. The molecule has 3 aromatic carbocycles. The highest BCUT2D eigenvalue weighted by atomic mass is 35.5. The molecule has 0 aliphatic rings. The van der Waals surface area contributed by atoms with E-state index in [4.69, 9.17) is 28.6 Å². The van der Waals surface area contributed by atoms with Gasteiger partial charge in [0.1, 0.15) is 5.75 Å². The standard InChI is InChI=1S/C23H18ClN3O3S/c1-30-18-8-5-14(6-9-18)13-25-21(28)15-3-2-4-17(11-15)27-22(29)19-10-7-16(24)12-20(19)26-23(27)31/h2-12H,13H2,1H3,(H,25,28)(H,26,31). The largest absolute Gasteiger partial charge is 0.497 e. The lowest BCUT2D eigenvalue weighted by Crippen LogP contribution is -2.24. The Morgan fingerprint density at radius 3 is 2.65 bits per heavy atom. The van der Waals surface area contributed by atoms with Crippen molar-refractivity contribution in [1.82, 2.24) is 14.9 Å². The van der Waals surface area contributed by atoms with E-state index in [1.807, 2.05) is 24.3 Å². The summed E-state index contributed by atoms with van der Waals surface area (Å²) in [5, 5.41) is 3.84. The topological polar surface area (TPSA) is 76.1 Å². The van der Waals surface area contributed by atoms with Gasteiger partial charge in [0.25, 0.3) is 11.5 Å². The second-order valence-corrected chi connectivity index (χ2v) is 7.66. The van der Waals surface area contributed by atoms with E-state index in [0.29, 0.717) is 33.7 Å². The molecular weight excluding hydrogens is 434 g/mol. The third kappa shape index (κ3) is 4.38. The van der Waals surface area contributed by atoms with Crippen molar-refractivity contribution in [3.63, 3.8) is 0 Å². The first-order valence-corrected chi connectivity index (χ1v) is 10.2. The first-order valence-electron chi connectivity index (χ1n) is 9.42. The van der Waals surface area contributed by atoms with Gasteiger partial charge in [0, 0.05) is 17.1 Å². The number of aromatic nitrogens is 2. The van der Waals surface area contributed by atoms with Gasteiger partial charge in [0.05, 0.1) is 23.7 Å². The van der Waals surface area contributed by atoms with Gasteiger partial charge in [0.2, 0.25) is 0 Å². The van der Waals surface area contributed by atoms with Crippen LogP contribution in [0.5, 0.6) is 5.75 Å². The Balaban J connectivity index is 1.62. The third-order valence-electron chi connectivity index (χ3n) is 4.84. The summed E-state index contributed by atoms with van der Waals surface area (Å²) in [5.74, 6) is 0.496. The number of benzene rings is 3. The van der Waals surface area contributed by atoms with E-state index in [-0.39, 0.29) is 16.2 Å². The van der Waals surface area contributed by atoms with Crippen LogP contribution in [0.1, 0.15) is 15.9 Å². The molecule has 0 atom stereocenters. The molecule has 8 heteroatoms. The second-order valence-electron chi connectivity index (χ2n) is 6.84. The van der Waals surface area contributed by atoms with E-state index in [9.17, 15) is 9.59 Å². The van der Waals surface area contributed by atoms with E-state index in [1.165, 1.54) is 4.57 Å². The van der Waals surface area contributed by atoms with Crippen molar-refractivity contribution in [2.24, 2.45) is 0 Å². The lowest BCUT2D eigenvalue weighted by Gasteiger charge is -2.11. The van der Waals surface area contributed by atoms with Crippen molar-refractivity contribution in [1.29, 1.82) is 0 Å². The number of hydrogen-bond acceptors (Lipinski definition) is 4. The minimum absolute atomic E-state index is 0.218. The van der Waals surface area contributed by atoms with E-state index >= 15 is 0 Å². The molecule has 0 aliphatic heterocycles. The van der Waals surface area contributed by atoms with Gasteiger partial charge in [-0.2, -0.15) is 0 Å². The number of nitrogens with one attached hydrogen (secondary N) is 2.